The number of amides is 1. The van der Waals surface area contributed by atoms with Crippen LogP contribution < -0.4 is 0 Å². The van der Waals surface area contributed by atoms with E-state index in [2.05, 4.69) is 11.4 Å². The van der Waals surface area contributed by atoms with Crippen molar-refractivity contribution in [3.63, 3.8) is 0 Å². The van der Waals surface area contributed by atoms with E-state index in [-0.39, 0.29) is 11.1 Å². The van der Waals surface area contributed by atoms with E-state index in [4.69, 9.17) is 0 Å². The molecule has 0 fully saturated rings. The molecule has 0 atom stereocenters. The highest BCUT2D eigenvalue weighted by molar-refractivity contribution is 5.96. The van der Waals surface area contributed by atoms with Crippen molar-refractivity contribution < 1.29 is 49.9 Å². The average molecular weight is 483 g/mol. The zero-order valence-electron chi connectivity index (χ0n) is 17.3. The maximum Gasteiger partial charge on any atom is 0.430 e. The fraction of sp³-hybridized carbons (Fsp3) is 0.286. The van der Waals surface area contributed by atoms with Crippen LogP contribution in [0.15, 0.2) is 36.9 Å². The van der Waals surface area contributed by atoms with Crippen molar-refractivity contribution in [2.45, 2.75) is 24.9 Å². The van der Waals surface area contributed by atoms with Crippen LogP contribution in [0, 0.1) is 11.6 Å². The van der Waals surface area contributed by atoms with Gasteiger partial charge in [0.1, 0.15) is 11.6 Å². The molecule has 0 radical (unpaired) electrons. The second-order valence-corrected chi connectivity index (χ2v) is 7.02. The van der Waals surface area contributed by atoms with E-state index in [1.807, 2.05) is 0 Å². The Bertz CT molecular complexity index is 1060. The van der Waals surface area contributed by atoms with Crippen molar-refractivity contribution in [1.29, 1.82) is 0 Å². The monoisotopic (exact) mass is 483 g/mol. The topological polar surface area (TPSA) is 49.8 Å². The number of alkyl halides is 6. The van der Waals surface area contributed by atoms with Crippen molar-refractivity contribution in [2.24, 2.45) is 0 Å². The third kappa shape index (κ3) is 4.44. The normalized spacial score (nSPS) is 12.6. The van der Waals surface area contributed by atoms with Crippen LogP contribution in [0.2, 0.25) is 0 Å². The minimum Gasteiger partial charge on any atom is -0.369 e. The minimum absolute atomic E-state index is 0.0812. The second-order valence-electron chi connectivity index (χ2n) is 7.02. The highest BCUT2D eigenvalue weighted by Gasteiger charge is 2.71. The van der Waals surface area contributed by atoms with Crippen LogP contribution in [0.3, 0.4) is 0 Å². The van der Waals surface area contributed by atoms with Gasteiger partial charge in [0, 0.05) is 23.7 Å². The summed E-state index contributed by atoms with van der Waals surface area (Å²) in [6, 6.07) is 2.43. The van der Waals surface area contributed by atoms with Gasteiger partial charge in [-0.2, -0.15) is 26.3 Å². The molecule has 2 aromatic carbocycles. The van der Waals surface area contributed by atoms with Gasteiger partial charge < -0.3 is 5.11 Å². The molecule has 1 N–H and O–H groups in total. The lowest BCUT2D eigenvalue weighted by atomic mass is 9.88. The predicted molar refractivity (Wildman–Crippen MR) is 102 cm³/mol. The highest BCUT2D eigenvalue weighted by Crippen LogP contribution is 2.50. The van der Waals surface area contributed by atoms with Crippen LogP contribution in [-0.2, 0) is 10.4 Å². The van der Waals surface area contributed by atoms with Gasteiger partial charge in [-0.25, -0.2) is 13.8 Å². The molecule has 0 saturated carbocycles. The van der Waals surface area contributed by atoms with E-state index >= 15 is 4.39 Å². The molecule has 0 heterocycles. The Morgan fingerprint density at radius 2 is 1.52 bits per heavy atom. The first-order valence-electron chi connectivity index (χ1n) is 8.95. The molecular formula is C21H17F8NO3. The maximum absolute atomic E-state index is 15.1. The van der Waals surface area contributed by atoms with Crippen molar-refractivity contribution in [3.8, 4) is 11.1 Å². The molecule has 33 heavy (non-hydrogen) atoms. The lowest BCUT2D eigenvalue weighted by molar-refractivity contribution is -0.376. The highest BCUT2D eigenvalue weighted by atomic mass is 19.4. The standard InChI is InChI=1S/C21H17F8NO3/c1-10(2)15-16(14(22)9-13(17(15)23)18(31)30(3)33-4)11-5-7-12(8-6-11)19(32,20(24,25)26)21(27,28)29/h5-9,32H,1H2,2-4H3. The summed E-state index contributed by atoms with van der Waals surface area (Å²) in [6.07, 6.45) is -12.2. The summed E-state index contributed by atoms with van der Waals surface area (Å²) in [4.78, 5) is 16.9. The number of hydrogen-bond acceptors (Lipinski definition) is 3. The molecule has 0 spiro atoms. The number of carbonyl (C=O) groups excluding carboxylic acids is 1. The number of halogens is 8. The fourth-order valence-corrected chi connectivity index (χ4v) is 3.08. The van der Waals surface area contributed by atoms with Crippen LogP contribution in [0.5, 0.6) is 0 Å². The summed E-state index contributed by atoms with van der Waals surface area (Å²) in [6.45, 7) is 4.76. The van der Waals surface area contributed by atoms with Gasteiger partial charge in [0.2, 0.25) is 0 Å². The van der Waals surface area contributed by atoms with Gasteiger partial charge in [-0.05, 0) is 24.1 Å². The van der Waals surface area contributed by atoms with Gasteiger partial charge in [0.25, 0.3) is 11.5 Å². The first-order chi connectivity index (χ1) is 15.0. The van der Waals surface area contributed by atoms with Crippen molar-refractivity contribution in [1.82, 2.24) is 5.06 Å². The molecule has 2 aromatic rings. The molecule has 0 aromatic heterocycles. The zero-order valence-corrected chi connectivity index (χ0v) is 17.3. The van der Waals surface area contributed by atoms with E-state index in [0.29, 0.717) is 35.4 Å². The van der Waals surface area contributed by atoms with E-state index in [1.165, 1.54) is 6.92 Å². The fourth-order valence-electron chi connectivity index (χ4n) is 3.08. The molecule has 0 aliphatic rings. The lowest BCUT2D eigenvalue weighted by Gasteiger charge is -2.32. The minimum atomic E-state index is -6.11. The molecule has 0 bridgehead atoms. The van der Waals surface area contributed by atoms with Crippen LogP contribution in [-0.4, -0.2) is 42.6 Å². The molecular weight excluding hydrogens is 466 g/mol. The Balaban J connectivity index is 2.73. The van der Waals surface area contributed by atoms with Gasteiger partial charge in [0.05, 0.1) is 12.7 Å². The van der Waals surface area contributed by atoms with Gasteiger partial charge in [-0.15, -0.1) is 0 Å². The third-order valence-electron chi connectivity index (χ3n) is 4.84. The third-order valence-corrected chi connectivity index (χ3v) is 4.84. The molecule has 1 amide bonds. The number of hydroxylamine groups is 2. The van der Waals surface area contributed by atoms with Crippen LogP contribution in [0.4, 0.5) is 35.1 Å². The Labute approximate surface area is 182 Å². The van der Waals surface area contributed by atoms with Gasteiger partial charge in [-0.1, -0.05) is 30.8 Å². The largest absolute Gasteiger partial charge is 0.430 e. The Hall–Kier alpha value is -2.99. The van der Waals surface area contributed by atoms with Crippen molar-refractivity contribution in [3.05, 3.63) is 65.2 Å². The van der Waals surface area contributed by atoms with Gasteiger partial charge in [-0.3, -0.25) is 9.63 Å². The molecule has 4 nitrogen and oxygen atoms in total. The first-order valence-corrected chi connectivity index (χ1v) is 8.95. The van der Waals surface area contributed by atoms with E-state index in [0.717, 1.165) is 14.2 Å². The molecule has 0 aliphatic carbocycles. The number of hydrogen-bond donors (Lipinski definition) is 1. The number of benzene rings is 2. The number of aliphatic hydroxyl groups is 1. The van der Waals surface area contributed by atoms with Crippen molar-refractivity contribution in [2.75, 3.05) is 14.2 Å². The van der Waals surface area contributed by atoms with Crippen LogP contribution in [0.1, 0.15) is 28.4 Å². The second kappa shape index (κ2) is 8.75. The molecule has 12 heteroatoms. The molecule has 0 aliphatic heterocycles. The molecule has 180 valence electrons. The number of carbonyl (C=O) groups is 1. The first kappa shape index (κ1) is 26.3. The average Bonchev–Trinajstić information content (AvgIpc) is 2.71. The Morgan fingerprint density at radius 3 is 1.91 bits per heavy atom. The predicted octanol–water partition coefficient (Wildman–Crippen LogP) is 5.61. The van der Waals surface area contributed by atoms with Gasteiger partial charge in [0.15, 0.2) is 0 Å². The van der Waals surface area contributed by atoms with E-state index in [1.54, 1.807) is 0 Å². The number of nitrogens with zero attached hydrogens (tertiary/aromatic N) is 1. The summed E-state index contributed by atoms with van der Waals surface area (Å²) >= 11 is 0. The number of allylic oxidation sites excluding steroid dienone is 1. The maximum atomic E-state index is 15.1. The summed E-state index contributed by atoms with van der Waals surface area (Å²) < 4.78 is 109. The summed E-state index contributed by atoms with van der Waals surface area (Å²) in [5.41, 5.74) is -8.96. The molecule has 0 unspecified atom stereocenters. The van der Waals surface area contributed by atoms with E-state index < -0.39 is 57.7 Å². The lowest BCUT2D eigenvalue weighted by Crippen LogP contribution is -2.53. The summed E-state index contributed by atoms with van der Waals surface area (Å²) in [5, 5.41) is 10.1. The van der Waals surface area contributed by atoms with Gasteiger partial charge >= 0.3 is 12.4 Å². The van der Waals surface area contributed by atoms with Crippen molar-refractivity contribution >= 4 is 11.5 Å². The Kier molecular flexibility index (Phi) is 6.96. The summed E-state index contributed by atoms with van der Waals surface area (Å²) in [5.74, 6) is -3.48. The molecule has 0 saturated heterocycles. The SMILES string of the molecule is C=C(C)c1c(F)c(C(=O)N(C)OC)cc(F)c1-c1ccc(C(O)(C(F)(F)F)C(F)(F)F)cc1. The summed E-state index contributed by atoms with van der Waals surface area (Å²) in [7, 11) is 2.24. The van der Waals surface area contributed by atoms with Crippen LogP contribution in [0.25, 0.3) is 16.7 Å². The Morgan fingerprint density at radius 1 is 1.03 bits per heavy atom. The smallest absolute Gasteiger partial charge is 0.369 e. The zero-order chi connectivity index (χ0) is 25.5. The number of rotatable bonds is 5. The quantitative estimate of drug-likeness (QED) is 0.444. The molecule has 2 rings (SSSR count). The van der Waals surface area contributed by atoms with E-state index in [9.17, 15) is 40.6 Å². The van der Waals surface area contributed by atoms with Crippen LogP contribution >= 0.6 is 0 Å².